The zero-order valence-corrected chi connectivity index (χ0v) is 14.3. The summed E-state index contributed by atoms with van der Waals surface area (Å²) in [7, 11) is 0. The van der Waals surface area contributed by atoms with Gasteiger partial charge < -0.3 is 9.64 Å². The van der Waals surface area contributed by atoms with Crippen LogP contribution in [-0.4, -0.2) is 36.1 Å². The van der Waals surface area contributed by atoms with Crippen molar-refractivity contribution in [2.45, 2.75) is 32.4 Å². The van der Waals surface area contributed by atoms with Crippen LogP contribution in [-0.2, 0) is 4.74 Å². The van der Waals surface area contributed by atoms with Gasteiger partial charge in [-0.1, -0.05) is 6.92 Å². The van der Waals surface area contributed by atoms with Crippen molar-refractivity contribution in [2.24, 2.45) is 0 Å². The van der Waals surface area contributed by atoms with E-state index in [0.29, 0.717) is 13.2 Å². The maximum absolute atomic E-state index is 12.5. The van der Waals surface area contributed by atoms with Crippen LogP contribution < -0.4 is 0 Å². The van der Waals surface area contributed by atoms with E-state index in [2.05, 4.69) is 38.8 Å². The average Bonchev–Trinajstić information content (AvgIpc) is 2.68. The van der Waals surface area contributed by atoms with Gasteiger partial charge in [-0.3, -0.25) is 4.79 Å². The summed E-state index contributed by atoms with van der Waals surface area (Å²) in [5, 5.41) is 0. The molecule has 0 spiro atoms. The molecule has 6 heteroatoms. The highest BCUT2D eigenvalue weighted by atomic mass is 79.9. The van der Waals surface area contributed by atoms with Crippen molar-refractivity contribution >= 4 is 49.1 Å². The molecule has 1 aromatic heterocycles. The molecule has 100 valence electrons. The van der Waals surface area contributed by atoms with Crippen molar-refractivity contribution in [3.05, 3.63) is 19.2 Å². The molecule has 3 nitrogen and oxygen atoms in total. The Kier molecular flexibility index (Phi) is 4.86. The summed E-state index contributed by atoms with van der Waals surface area (Å²) >= 11 is 8.32. The Bertz CT molecular complexity index is 430. The molecule has 0 unspecified atom stereocenters. The van der Waals surface area contributed by atoms with Gasteiger partial charge in [-0.25, -0.2) is 0 Å². The third kappa shape index (κ3) is 2.98. The summed E-state index contributed by atoms with van der Waals surface area (Å²) in [6.45, 7) is 5.40. The van der Waals surface area contributed by atoms with Gasteiger partial charge in [0.2, 0.25) is 0 Å². The average molecular weight is 397 g/mol. The fourth-order valence-electron chi connectivity index (χ4n) is 2.02. The van der Waals surface area contributed by atoms with Gasteiger partial charge in [-0.2, -0.15) is 0 Å². The molecule has 2 atom stereocenters. The molecule has 0 bridgehead atoms. The number of carbonyl (C=O) groups is 1. The lowest BCUT2D eigenvalue weighted by Gasteiger charge is -2.38. The maximum Gasteiger partial charge on any atom is 0.264 e. The molecule has 2 heterocycles. The first-order chi connectivity index (χ1) is 8.52. The summed E-state index contributed by atoms with van der Waals surface area (Å²) in [5.74, 6) is 0.105. The zero-order chi connectivity index (χ0) is 13.3. The van der Waals surface area contributed by atoms with E-state index in [-0.39, 0.29) is 18.1 Å². The van der Waals surface area contributed by atoms with Crippen molar-refractivity contribution in [3.8, 4) is 0 Å². The Morgan fingerprint density at radius 2 is 2.33 bits per heavy atom. The van der Waals surface area contributed by atoms with Crippen LogP contribution in [0.5, 0.6) is 0 Å². The Balaban J connectivity index is 2.20. The van der Waals surface area contributed by atoms with Gasteiger partial charge in [0.25, 0.3) is 5.91 Å². The number of halogens is 2. The van der Waals surface area contributed by atoms with Crippen molar-refractivity contribution < 1.29 is 9.53 Å². The number of carbonyl (C=O) groups excluding carboxylic acids is 1. The summed E-state index contributed by atoms with van der Waals surface area (Å²) in [4.78, 5) is 15.2. The molecule has 0 N–H and O–H groups in total. The van der Waals surface area contributed by atoms with E-state index in [1.807, 2.05) is 17.9 Å². The Hall–Kier alpha value is 0.0900. The summed E-state index contributed by atoms with van der Waals surface area (Å²) in [6.07, 6.45) is 1.04. The standard InChI is InChI=1S/C12H15Br2NO2S/c1-3-8-6-17-7(2)5-15(8)12(16)10-4-9(13)11(14)18-10/h4,7-8H,3,5-6H2,1-2H3/t7-,8-/m0/s1. The third-order valence-electron chi connectivity index (χ3n) is 3.06. The number of thiophene rings is 1. The lowest BCUT2D eigenvalue weighted by molar-refractivity contribution is -0.0442. The molecular weight excluding hydrogens is 382 g/mol. The minimum absolute atomic E-state index is 0.105. The van der Waals surface area contributed by atoms with Gasteiger partial charge in [-0.15, -0.1) is 11.3 Å². The van der Waals surface area contributed by atoms with Gasteiger partial charge in [0.1, 0.15) is 0 Å². The molecule has 1 amide bonds. The Morgan fingerprint density at radius 1 is 1.61 bits per heavy atom. The molecule has 1 aromatic rings. The predicted molar refractivity (Wildman–Crippen MR) is 80.2 cm³/mol. The van der Waals surface area contributed by atoms with Crippen molar-refractivity contribution in [2.75, 3.05) is 13.2 Å². The molecule has 1 saturated heterocycles. The van der Waals surface area contributed by atoms with E-state index in [0.717, 1.165) is 19.6 Å². The number of nitrogens with zero attached hydrogens (tertiary/aromatic N) is 1. The molecule has 2 rings (SSSR count). The third-order valence-corrected chi connectivity index (χ3v) is 6.30. The lowest BCUT2D eigenvalue weighted by atomic mass is 10.1. The lowest BCUT2D eigenvalue weighted by Crippen LogP contribution is -2.51. The zero-order valence-electron chi connectivity index (χ0n) is 10.3. The second-order valence-electron chi connectivity index (χ2n) is 4.40. The van der Waals surface area contributed by atoms with Gasteiger partial charge in [0.15, 0.2) is 0 Å². The van der Waals surface area contributed by atoms with Crippen LogP contribution in [0.15, 0.2) is 14.3 Å². The van der Waals surface area contributed by atoms with Crippen LogP contribution in [0, 0.1) is 0 Å². The van der Waals surface area contributed by atoms with E-state index in [1.54, 1.807) is 0 Å². The molecule has 1 fully saturated rings. The number of ether oxygens (including phenoxy) is 1. The molecule has 1 aliphatic rings. The Morgan fingerprint density at radius 3 is 2.89 bits per heavy atom. The molecule has 0 aliphatic carbocycles. The first-order valence-corrected chi connectivity index (χ1v) is 8.30. The number of morpholine rings is 1. The maximum atomic E-state index is 12.5. The molecule has 0 radical (unpaired) electrons. The van der Waals surface area contributed by atoms with Gasteiger partial charge in [-0.05, 0) is 51.3 Å². The van der Waals surface area contributed by atoms with Crippen LogP contribution in [0.2, 0.25) is 0 Å². The van der Waals surface area contributed by atoms with E-state index in [9.17, 15) is 4.79 Å². The minimum atomic E-state index is 0.105. The van der Waals surface area contributed by atoms with E-state index in [4.69, 9.17) is 4.74 Å². The Labute approximate surface area is 128 Å². The number of hydrogen-bond acceptors (Lipinski definition) is 3. The van der Waals surface area contributed by atoms with Crippen LogP contribution in [0.3, 0.4) is 0 Å². The topological polar surface area (TPSA) is 29.5 Å². The van der Waals surface area contributed by atoms with E-state index in [1.165, 1.54) is 11.3 Å². The monoisotopic (exact) mass is 395 g/mol. The molecular formula is C12H15Br2NO2S. The fourth-order valence-corrected chi connectivity index (χ4v) is 4.02. The van der Waals surface area contributed by atoms with Crippen molar-refractivity contribution in [1.82, 2.24) is 4.90 Å². The van der Waals surface area contributed by atoms with Crippen molar-refractivity contribution in [1.29, 1.82) is 0 Å². The van der Waals surface area contributed by atoms with Crippen LogP contribution >= 0.6 is 43.2 Å². The van der Waals surface area contributed by atoms with E-state index >= 15 is 0 Å². The van der Waals surface area contributed by atoms with Gasteiger partial charge >= 0.3 is 0 Å². The first kappa shape index (κ1) is 14.5. The second kappa shape index (κ2) is 6.03. The van der Waals surface area contributed by atoms with Crippen LogP contribution in [0.25, 0.3) is 0 Å². The SMILES string of the molecule is CC[C@H]1CO[C@@H](C)CN1C(=O)c1cc(Br)c(Br)s1. The highest BCUT2D eigenvalue weighted by Gasteiger charge is 2.30. The summed E-state index contributed by atoms with van der Waals surface area (Å²) in [6, 6.07) is 2.07. The van der Waals surface area contributed by atoms with Gasteiger partial charge in [0, 0.05) is 11.0 Å². The molecule has 0 aromatic carbocycles. The molecule has 0 saturated carbocycles. The largest absolute Gasteiger partial charge is 0.375 e. The normalized spacial score (nSPS) is 24.3. The van der Waals surface area contributed by atoms with Gasteiger partial charge in [0.05, 0.1) is 27.4 Å². The highest BCUT2D eigenvalue weighted by molar-refractivity contribution is 9.13. The molecule has 18 heavy (non-hydrogen) atoms. The molecule has 1 aliphatic heterocycles. The summed E-state index contributed by atoms with van der Waals surface area (Å²) in [5.41, 5.74) is 0. The number of hydrogen-bond donors (Lipinski definition) is 0. The first-order valence-electron chi connectivity index (χ1n) is 5.90. The van der Waals surface area contributed by atoms with Crippen molar-refractivity contribution in [3.63, 3.8) is 0 Å². The predicted octanol–water partition coefficient (Wildman–Crippen LogP) is 3.91. The number of amides is 1. The second-order valence-corrected chi connectivity index (χ2v) is 7.62. The number of rotatable bonds is 2. The smallest absolute Gasteiger partial charge is 0.264 e. The van der Waals surface area contributed by atoms with Crippen LogP contribution in [0.4, 0.5) is 0 Å². The highest BCUT2D eigenvalue weighted by Crippen LogP contribution is 2.33. The van der Waals surface area contributed by atoms with Crippen LogP contribution in [0.1, 0.15) is 29.9 Å². The van der Waals surface area contributed by atoms with E-state index < -0.39 is 0 Å². The fraction of sp³-hybridized carbons (Fsp3) is 0.583. The minimum Gasteiger partial charge on any atom is -0.375 e. The quantitative estimate of drug-likeness (QED) is 0.758. The summed E-state index contributed by atoms with van der Waals surface area (Å²) < 4.78 is 7.51.